The number of anilines is 1. The highest BCUT2D eigenvalue weighted by molar-refractivity contribution is 7.90. The van der Waals surface area contributed by atoms with E-state index in [1.165, 1.54) is 0 Å². The number of benzene rings is 1. The zero-order valence-electron chi connectivity index (χ0n) is 12.0. The average Bonchev–Trinajstić information content (AvgIpc) is 2.87. The Hall–Kier alpha value is -1.44. The van der Waals surface area contributed by atoms with Crippen LogP contribution in [0.2, 0.25) is 0 Å². The summed E-state index contributed by atoms with van der Waals surface area (Å²) in [4.78, 5) is 5.66. The summed E-state index contributed by atoms with van der Waals surface area (Å²) in [6.45, 7) is 0.716. The fraction of sp³-hybridized carbons (Fsp3) is 0.357. The van der Waals surface area contributed by atoms with Gasteiger partial charge in [0.2, 0.25) is 0 Å². The molecule has 0 aliphatic carbocycles. The van der Waals surface area contributed by atoms with Gasteiger partial charge >= 0.3 is 0 Å². The normalized spacial score (nSPS) is 11.7. The number of nitrogen functional groups attached to an aromatic ring is 1. The Kier molecular flexibility index (Phi) is 4.97. The van der Waals surface area contributed by atoms with E-state index in [2.05, 4.69) is 4.98 Å². The molecule has 0 fully saturated rings. The van der Waals surface area contributed by atoms with Crippen LogP contribution in [0.25, 0.3) is 10.6 Å². The molecule has 1 aromatic heterocycles. The van der Waals surface area contributed by atoms with Crippen LogP contribution in [0.4, 0.5) is 5.69 Å². The van der Waals surface area contributed by atoms with Crippen molar-refractivity contribution in [2.75, 3.05) is 25.7 Å². The SMILES string of the molecule is COCCCc1cnc(-c2ccc(N)c(S(C)(=O)=O)c2)s1. The zero-order valence-corrected chi connectivity index (χ0v) is 13.6. The number of rotatable bonds is 6. The lowest BCUT2D eigenvalue weighted by atomic mass is 10.2. The van der Waals surface area contributed by atoms with Gasteiger partial charge in [-0.3, -0.25) is 0 Å². The number of ether oxygens (including phenoxy) is 1. The first-order valence-electron chi connectivity index (χ1n) is 6.45. The van der Waals surface area contributed by atoms with Crippen LogP contribution >= 0.6 is 11.3 Å². The smallest absolute Gasteiger partial charge is 0.177 e. The monoisotopic (exact) mass is 326 g/mol. The summed E-state index contributed by atoms with van der Waals surface area (Å²) in [7, 11) is -1.66. The van der Waals surface area contributed by atoms with E-state index >= 15 is 0 Å². The van der Waals surface area contributed by atoms with E-state index in [1.54, 1.807) is 36.6 Å². The first kappa shape index (κ1) is 15.9. The van der Waals surface area contributed by atoms with E-state index < -0.39 is 9.84 Å². The Bertz CT molecular complexity index is 724. The summed E-state index contributed by atoms with van der Waals surface area (Å²) in [5.74, 6) is 0. The van der Waals surface area contributed by atoms with Crippen LogP contribution in [0.5, 0.6) is 0 Å². The molecule has 114 valence electrons. The highest BCUT2D eigenvalue weighted by Gasteiger charge is 2.14. The lowest BCUT2D eigenvalue weighted by Gasteiger charge is -2.05. The summed E-state index contributed by atoms with van der Waals surface area (Å²) in [6, 6.07) is 4.99. The number of thiazole rings is 1. The van der Waals surface area contributed by atoms with E-state index in [0.29, 0.717) is 6.61 Å². The van der Waals surface area contributed by atoms with Crippen LogP contribution in [0.15, 0.2) is 29.3 Å². The molecule has 0 aliphatic rings. The van der Waals surface area contributed by atoms with Crippen molar-refractivity contribution in [1.82, 2.24) is 4.98 Å². The highest BCUT2D eigenvalue weighted by Crippen LogP contribution is 2.30. The molecule has 0 saturated heterocycles. The van der Waals surface area contributed by atoms with Gasteiger partial charge in [-0.1, -0.05) is 0 Å². The number of hydrogen-bond donors (Lipinski definition) is 1. The van der Waals surface area contributed by atoms with Crippen molar-refractivity contribution >= 4 is 26.9 Å². The maximum absolute atomic E-state index is 11.7. The quantitative estimate of drug-likeness (QED) is 0.651. The Morgan fingerprint density at radius 3 is 2.81 bits per heavy atom. The average molecular weight is 326 g/mol. The molecule has 2 N–H and O–H groups in total. The molecule has 0 unspecified atom stereocenters. The second kappa shape index (κ2) is 6.55. The molecular formula is C14H18N2O3S2. The van der Waals surface area contributed by atoms with Gasteiger partial charge in [0.15, 0.2) is 9.84 Å². The number of methoxy groups -OCH3 is 1. The van der Waals surface area contributed by atoms with E-state index in [1.807, 2.05) is 6.20 Å². The molecule has 2 aromatic rings. The summed E-state index contributed by atoms with van der Waals surface area (Å²) in [6.07, 6.45) is 4.82. The minimum absolute atomic E-state index is 0.149. The molecule has 1 aromatic carbocycles. The van der Waals surface area contributed by atoms with Gasteiger partial charge in [-0.15, -0.1) is 11.3 Å². The number of aromatic nitrogens is 1. The predicted octanol–water partition coefficient (Wildman–Crippen LogP) is 2.37. The Labute approximate surface area is 128 Å². The van der Waals surface area contributed by atoms with Crippen LogP contribution in [-0.2, 0) is 21.0 Å². The highest BCUT2D eigenvalue weighted by atomic mass is 32.2. The Balaban J connectivity index is 2.27. The van der Waals surface area contributed by atoms with E-state index in [9.17, 15) is 8.42 Å². The third-order valence-corrected chi connectivity index (χ3v) is 5.24. The van der Waals surface area contributed by atoms with Crippen LogP contribution in [-0.4, -0.2) is 33.4 Å². The first-order chi connectivity index (χ1) is 9.91. The molecule has 0 spiro atoms. The largest absolute Gasteiger partial charge is 0.398 e. The fourth-order valence-corrected chi connectivity index (χ4v) is 3.72. The molecule has 0 aliphatic heterocycles. The van der Waals surface area contributed by atoms with Crippen LogP contribution in [0, 0.1) is 0 Å². The number of hydrogen-bond acceptors (Lipinski definition) is 6. The standard InChI is InChI=1S/C14H18N2O3S2/c1-19-7-3-4-11-9-16-14(20-11)10-5-6-12(15)13(8-10)21(2,17)18/h5-6,8-9H,3-4,7,15H2,1-2H3. The molecular weight excluding hydrogens is 308 g/mol. The molecule has 1 heterocycles. The lowest BCUT2D eigenvalue weighted by Crippen LogP contribution is -2.02. The molecule has 0 radical (unpaired) electrons. The van der Waals surface area contributed by atoms with E-state index in [4.69, 9.17) is 10.5 Å². The molecule has 2 rings (SSSR count). The van der Waals surface area contributed by atoms with Crippen molar-refractivity contribution < 1.29 is 13.2 Å². The molecule has 0 atom stereocenters. The van der Waals surface area contributed by atoms with Crippen molar-refractivity contribution in [3.05, 3.63) is 29.3 Å². The van der Waals surface area contributed by atoms with Gasteiger partial charge in [0.25, 0.3) is 0 Å². The summed E-state index contributed by atoms with van der Waals surface area (Å²) < 4.78 is 28.4. The third-order valence-electron chi connectivity index (χ3n) is 2.99. The van der Waals surface area contributed by atoms with Crippen LogP contribution in [0.3, 0.4) is 0 Å². The maximum atomic E-state index is 11.7. The number of nitrogens with zero attached hydrogens (tertiary/aromatic N) is 1. The van der Waals surface area contributed by atoms with Gasteiger partial charge in [0, 0.05) is 36.6 Å². The van der Waals surface area contributed by atoms with Gasteiger partial charge in [-0.05, 0) is 31.0 Å². The maximum Gasteiger partial charge on any atom is 0.177 e. The first-order valence-corrected chi connectivity index (χ1v) is 9.16. The molecule has 0 bridgehead atoms. The van der Waals surface area contributed by atoms with E-state index in [0.717, 1.165) is 34.5 Å². The topological polar surface area (TPSA) is 82.3 Å². The Morgan fingerprint density at radius 2 is 2.14 bits per heavy atom. The van der Waals surface area contributed by atoms with Gasteiger partial charge in [-0.2, -0.15) is 0 Å². The molecule has 7 heteroatoms. The number of nitrogens with two attached hydrogens (primary N) is 1. The minimum Gasteiger partial charge on any atom is -0.398 e. The van der Waals surface area contributed by atoms with Crippen molar-refractivity contribution in [2.24, 2.45) is 0 Å². The summed E-state index contributed by atoms with van der Waals surface area (Å²) >= 11 is 1.56. The van der Waals surface area contributed by atoms with Gasteiger partial charge in [0.05, 0.1) is 10.6 Å². The lowest BCUT2D eigenvalue weighted by molar-refractivity contribution is 0.195. The third kappa shape index (κ3) is 4.03. The van der Waals surface area contributed by atoms with Gasteiger partial charge in [0.1, 0.15) is 5.01 Å². The second-order valence-corrected chi connectivity index (χ2v) is 7.85. The van der Waals surface area contributed by atoms with Gasteiger partial charge in [-0.25, -0.2) is 13.4 Å². The molecule has 21 heavy (non-hydrogen) atoms. The van der Waals surface area contributed by atoms with Crippen molar-refractivity contribution in [3.8, 4) is 10.6 Å². The van der Waals surface area contributed by atoms with Crippen molar-refractivity contribution in [1.29, 1.82) is 0 Å². The minimum atomic E-state index is -3.34. The number of sulfone groups is 1. The number of aryl methyl sites for hydroxylation is 1. The van der Waals surface area contributed by atoms with E-state index in [-0.39, 0.29) is 10.6 Å². The molecule has 5 nitrogen and oxygen atoms in total. The summed E-state index contributed by atoms with van der Waals surface area (Å²) in [5, 5.41) is 0.798. The van der Waals surface area contributed by atoms with Crippen molar-refractivity contribution in [3.63, 3.8) is 0 Å². The predicted molar refractivity (Wildman–Crippen MR) is 85.3 cm³/mol. The molecule has 0 amide bonds. The molecule has 0 saturated carbocycles. The van der Waals surface area contributed by atoms with Crippen LogP contribution < -0.4 is 5.73 Å². The Morgan fingerprint density at radius 1 is 1.38 bits per heavy atom. The zero-order chi connectivity index (χ0) is 15.5. The second-order valence-electron chi connectivity index (χ2n) is 4.75. The fourth-order valence-electron chi connectivity index (χ4n) is 1.94. The summed E-state index contributed by atoms with van der Waals surface area (Å²) in [5.41, 5.74) is 6.76. The van der Waals surface area contributed by atoms with Crippen molar-refractivity contribution in [2.45, 2.75) is 17.7 Å². The van der Waals surface area contributed by atoms with Gasteiger partial charge < -0.3 is 10.5 Å². The van der Waals surface area contributed by atoms with Crippen LogP contribution in [0.1, 0.15) is 11.3 Å².